The second-order valence-electron chi connectivity index (χ2n) is 5.60. The van der Waals surface area contributed by atoms with E-state index in [-0.39, 0.29) is 5.56 Å². The zero-order valence-electron chi connectivity index (χ0n) is 13.4. The fourth-order valence-corrected chi connectivity index (χ4v) is 5.01. The van der Waals surface area contributed by atoms with Crippen LogP contribution in [-0.4, -0.2) is 69.1 Å². The Hall–Kier alpha value is -1.29. The number of benzene rings is 1. The molecule has 0 spiro atoms. The van der Waals surface area contributed by atoms with Crippen LogP contribution in [0.2, 0.25) is 0 Å². The summed E-state index contributed by atoms with van der Waals surface area (Å²) in [5.74, 6) is -4.26. The molecule has 9 heteroatoms. The number of sulfone groups is 2. The predicted octanol–water partition coefficient (Wildman–Crippen LogP) is -0.392. The molecule has 0 fully saturated rings. The van der Waals surface area contributed by atoms with E-state index in [0.717, 1.165) is 5.56 Å². The summed E-state index contributed by atoms with van der Waals surface area (Å²) in [5.41, 5.74) is 1.13. The smallest absolute Gasteiger partial charge is 0.167 e. The van der Waals surface area contributed by atoms with Crippen LogP contribution >= 0.6 is 0 Å². The molecule has 1 rings (SSSR count). The van der Waals surface area contributed by atoms with Crippen molar-refractivity contribution in [2.45, 2.75) is 6.92 Å². The molecule has 0 heterocycles. The molecule has 0 aromatic heterocycles. The first-order chi connectivity index (χ1) is 11.1. The lowest BCUT2D eigenvalue weighted by Gasteiger charge is -2.16. The van der Waals surface area contributed by atoms with Crippen molar-refractivity contribution in [2.75, 3.05) is 36.2 Å². The molecule has 7 nitrogen and oxygen atoms in total. The first-order valence-corrected chi connectivity index (χ1v) is 11.0. The van der Waals surface area contributed by atoms with Gasteiger partial charge in [0.25, 0.3) is 0 Å². The van der Waals surface area contributed by atoms with Gasteiger partial charge in [-0.05, 0) is 6.92 Å². The molecule has 0 aliphatic rings. The van der Waals surface area contributed by atoms with Gasteiger partial charge in [-0.15, -0.1) is 0 Å². The van der Waals surface area contributed by atoms with Crippen LogP contribution in [0.15, 0.2) is 24.3 Å². The Kier molecular flexibility index (Phi) is 7.53. The molecule has 2 N–H and O–H groups in total. The van der Waals surface area contributed by atoms with Crippen molar-refractivity contribution >= 4 is 25.5 Å². The van der Waals surface area contributed by atoms with E-state index in [2.05, 4.69) is 0 Å². The standard InChI is InChI=1S/C15H22O7S2/c1-12-2-4-13(5-3-12)15(18)14(10-23(19,20)8-6-16)11-24(21,22)9-7-17/h2-5,14,16-17H,6-11H2,1H3. The van der Waals surface area contributed by atoms with Crippen LogP contribution < -0.4 is 0 Å². The molecular formula is C15H22O7S2. The van der Waals surface area contributed by atoms with Crippen molar-refractivity contribution < 1.29 is 31.8 Å². The predicted molar refractivity (Wildman–Crippen MR) is 90.5 cm³/mol. The Bertz CT molecular complexity index is 712. The molecule has 0 saturated carbocycles. The molecule has 1 aromatic rings. The number of hydrogen-bond donors (Lipinski definition) is 2. The van der Waals surface area contributed by atoms with E-state index < -0.39 is 67.6 Å². The Morgan fingerprint density at radius 1 is 0.917 bits per heavy atom. The molecule has 0 radical (unpaired) electrons. The van der Waals surface area contributed by atoms with Crippen molar-refractivity contribution in [1.82, 2.24) is 0 Å². The minimum absolute atomic E-state index is 0.226. The number of Topliss-reactive ketones (excluding diaryl/α,β-unsaturated/α-hetero) is 1. The maximum Gasteiger partial charge on any atom is 0.167 e. The highest BCUT2D eigenvalue weighted by atomic mass is 32.2. The second-order valence-corrected chi connectivity index (χ2v) is 10.1. The monoisotopic (exact) mass is 378 g/mol. The maximum absolute atomic E-state index is 12.6. The van der Waals surface area contributed by atoms with E-state index in [0.29, 0.717) is 0 Å². The van der Waals surface area contributed by atoms with Crippen molar-refractivity contribution in [3.63, 3.8) is 0 Å². The van der Waals surface area contributed by atoms with E-state index in [9.17, 15) is 21.6 Å². The van der Waals surface area contributed by atoms with Gasteiger partial charge in [0.2, 0.25) is 0 Å². The average Bonchev–Trinajstić information content (AvgIpc) is 2.45. The summed E-state index contributed by atoms with van der Waals surface area (Å²) in [4.78, 5) is 12.6. The number of aryl methyl sites for hydroxylation is 1. The molecule has 24 heavy (non-hydrogen) atoms. The lowest BCUT2D eigenvalue weighted by Crippen LogP contribution is -2.33. The summed E-state index contributed by atoms with van der Waals surface area (Å²) in [6.07, 6.45) is 0. The van der Waals surface area contributed by atoms with Crippen molar-refractivity contribution in [1.29, 1.82) is 0 Å². The third-order valence-electron chi connectivity index (χ3n) is 3.42. The summed E-state index contributed by atoms with van der Waals surface area (Å²) in [6, 6.07) is 6.38. The molecule has 0 aliphatic heterocycles. The van der Waals surface area contributed by atoms with E-state index in [1.54, 1.807) is 12.1 Å². The summed E-state index contributed by atoms with van der Waals surface area (Å²) in [6.45, 7) is 0.623. The molecule has 136 valence electrons. The van der Waals surface area contributed by atoms with Gasteiger partial charge in [-0.25, -0.2) is 16.8 Å². The highest BCUT2D eigenvalue weighted by Gasteiger charge is 2.30. The molecule has 0 saturated heterocycles. The first kappa shape index (κ1) is 20.8. The van der Waals surface area contributed by atoms with Crippen LogP contribution in [0, 0.1) is 12.8 Å². The Morgan fingerprint density at radius 3 is 1.71 bits per heavy atom. The van der Waals surface area contributed by atoms with Crippen molar-refractivity contribution in [2.24, 2.45) is 5.92 Å². The largest absolute Gasteiger partial charge is 0.395 e. The van der Waals surface area contributed by atoms with Crippen LogP contribution in [0.25, 0.3) is 0 Å². The Labute approximate surface area is 142 Å². The van der Waals surface area contributed by atoms with Gasteiger partial charge >= 0.3 is 0 Å². The molecule has 0 aliphatic carbocycles. The normalized spacial score (nSPS) is 12.5. The summed E-state index contributed by atoms with van der Waals surface area (Å²) < 4.78 is 47.7. The molecule has 0 atom stereocenters. The zero-order chi connectivity index (χ0) is 18.4. The van der Waals surface area contributed by atoms with Crippen LogP contribution in [0.4, 0.5) is 0 Å². The molecular weight excluding hydrogens is 356 g/mol. The van der Waals surface area contributed by atoms with Gasteiger partial charge in [0.1, 0.15) is 0 Å². The quantitative estimate of drug-likeness (QED) is 0.531. The highest BCUT2D eigenvalue weighted by Crippen LogP contribution is 2.16. The van der Waals surface area contributed by atoms with Gasteiger partial charge in [0.15, 0.2) is 25.5 Å². The minimum Gasteiger partial charge on any atom is -0.395 e. The fraction of sp³-hybridized carbons (Fsp3) is 0.533. The Morgan fingerprint density at radius 2 is 1.33 bits per heavy atom. The summed E-state index contributed by atoms with van der Waals surface area (Å²) in [7, 11) is -7.55. The lowest BCUT2D eigenvalue weighted by atomic mass is 10.00. The topological polar surface area (TPSA) is 126 Å². The van der Waals surface area contributed by atoms with Crippen LogP contribution in [-0.2, 0) is 19.7 Å². The molecule has 0 bridgehead atoms. The van der Waals surface area contributed by atoms with Crippen LogP contribution in [0.1, 0.15) is 15.9 Å². The number of hydrogen-bond acceptors (Lipinski definition) is 7. The van der Waals surface area contributed by atoms with Gasteiger partial charge in [-0.1, -0.05) is 29.8 Å². The SMILES string of the molecule is Cc1ccc(C(=O)C(CS(=O)(=O)CCO)CS(=O)(=O)CCO)cc1. The third kappa shape index (κ3) is 6.68. The maximum atomic E-state index is 12.6. The zero-order valence-corrected chi connectivity index (χ0v) is 15.0. The number of ketones is 1. The summed E-state index contributed by atoms with van der Waals surface area (Å²) >= 11 is 0. The van der Waals surface area contributed by atoms with Gasteiger partial charge < -0.3 is 10.2 Å². The van der Waals surface area contributed by atoms with Gasteiger partial charge in [0, 0.05) is 5.56 Å². The molecule has 0 amide bonds. The number of aliphatic hydroxyl groups excluding tert-OH is 2. The number of rotatable bonds is 10. The van der Waals surface area contributed by atoms with E-state index in [1.807, 2.05) is 6.92 Å². The van der Waals surface area contributed by atoms with E-state index in [4.69, 9.17) is 10.2 Å². The van der Waals surface area contributed by atoms with Gasteiger partial charge in [-0.3, -0.25) is 4.79 Å². The molecule has 1 aromatic carbocycles. The first-order valence-electron chi connectivity index (χ1n) is 7.33. The summed E-state index contributed by atoms with van der Waals surface area (Å²) in [5, 5.41) is 17.6. The van der Waals surface area contributed by atoms with Crippen LogP contribution in [0.5, 0.6) is 0 Å². The number of carbonyl (C=O) groups is 1. The highest BCUT2D eigenvalue weighted by molar-refractivity contribution is 7.92. The molecule has 0 unspecified atom stereocenters. The van der Waals surface area contributed by atoms with Gasteiger partial charge in [0.05, 0.1) is 42.1 Å². The van der Waals surface area contributed by atoms with Crippen molar-refractivity contribution in [3.8, 4) is 0 Å². The van der Waals surface area contributed by atoms with Crippen LogP contribution in [0.3, 0.4) is 0 Å². The fourth-order valence-electron chi connectivity index (χ4n) is 2.21. The third-order valence-corrected chi connectivity index (χ3v) is 6.85. The second kappa shape index (κ2) is 8.70. The van der Waals surface area contributed by atoms with E-state index >= 15 is 0 Å². The van der Waals surface area contributed by atoms with Crippen molar-refractivity contribution in [3.05, 3.63) is 35.4 Å². The number of carbonyl (C=O) groups excluding carboxylic acids is 1. The average molecular weight is 378 g/mol. The lowest BCUT2D eigenvalue weighted by molar-refractivity contribution is 0.0941. The van der Waals surface area contributed by atoms with Gasteiger partial charge in [-0.2, -0.15) is 0 Å². The minimum atomic E-state index is -3.78. The van der Waals surface area contributed by atoms with E-state index in [1.165, 1.54) is 12.1 Å². The number of aliphatic hydroxyl groups is 2. The Balaban J connectivity index is 3.12.